The molecule has 0 aliphatic carbocycles. The molecule has 9 nitrogen and oxygen atoms in total. The van der Waals surface area contributed by atoms with Crippen LogP contribution >= 0.6 is 0 Å². The Kier molecular flexibility index (Phi) is 6.34. The summed E-state index contributed by atoms with van der Waals surface area (Å²) in [5.41, 5.74) is 1.29. The number of carbonyl (C=O) groups excluding carboxylic acids is 3. The maximum Gasteiger partial charge on any atom is 0.337 e. The summed E-state index contributed by atoms with van der Waals surface area (Å²) in [6.45, 7) is 0. The van der Waals surface area contributed by atoms with Gasteiger partial charge in [0.2, 0.25) is 5.78 Å². The molecule has 0 radical (unpaired) electrons. The lowest BCUT2D eigenvalue weighted by atomic mass is 9.94. The molecule has 0 bridgehead atoms. The van der Waals surface area contributed by atoms with Crippen LogP contribution < -0.4 is 14.4 Å². The number of hydrogen-bond acceptors (Lipinski definition) is 8. The molecule has 1 amide bonds. The summed E-state index contributed by atoms with van der Waals surface area (Å²) < 4.78 is 21.5. The number of anilines is 1. The van der Waals surface area contributed by atoms with Crippen molar-refractivity contribution in [3.05, 3.63) is 101 Å². The predicted octanol–water partition coefficient (Wildman–Crippen LogP) is 5.02. The number of hydrogen-bond donors (Lipinski definition) is 1. The second kappa shape index (κ2) is 9.78. The van der Waals surface area contributed by atoms with Gasteiger partial charge in [0.1, 0.15) is 5.75 Å². The third-order valence-corrected chi connectivity index (χ3v) is 6.40. The molecule has 3 aromatic carbocycles. The van der Waals surface area contributed by atoms with Crippen molar-refractivity contribution in [1.82, 2.24) is 0 Å². The van der Waals surface area contributed by atoms with Crippen LogP contribution in [0.4, 0.5) is 5.69 Å². The van der Waals surface area contributed by atoms with Crippen LogP contribution in [0.2, 0.25) is 0 Å². The maximum absolute atomic E-state index is 13.9. The fraction of sp³-hybridized carbons (Fsp3) is 0.138. The van der Waals surface area contributed by atoms with Crippen molar-refractivity contribution < 1.29 is 38.1 Å². The first-order chi connectivity index (χ1) is 18.4. The Morgan fingerprint density at radius 3 is 2.26 bits per heavy atom. The van der Waals surface area contributed by atoms with Gasteiger partial charge in [0.15, 0.2) is 22.9 Å². The summed E-state index contributed by atoms with van der Waals surface area (Å²) in [5.74, 6) is -1.93. The lowest BCUT2D eigenvalue weighted by Gasteiger charge is -2.28. The number of Topliss-reactive ketones (excluding diaryl/α,β-unsaturated/α-hetero) is 1. The first-order valence-corrected chi connectivity index (χ1v) is 11.6. The first-order valence-electron chi connectivity index (χ1n) is 11.6. The molecule has 1 aliphatic heterocycles. The number of rotatable bonds is 7. The fourth-order valence-corrected chi connectivity index (χ4v) is 4.61. The fourth-order valence-electron chi connectivity index (χ4n) is 4.61. The highest BCUT2D eigenvalue weighted by atomic mass is 16.5. The van der Waals surface area contributed by atoms with Gasteiger partial charge >= 0.3 is 5.97 Å². The van der Waals surface area contributed by atoms with Crippen LogP contribution in [0.1, 0.15) is 32.5 Å². The minimum absolute atomic E-state index is 0.0679. The number of amides is 1. The Morgan fingerprint density at radius 2 is 1.58 bits per heavy atom. The van der Waals surface area contributed by atoms with Gasteiger partial charge in [0.25, 0.3) is 5.91 Å². The van der Waals surface area contributed by atoms with E-state index in [9.17, 15) is 19.5 Å². The number of para-hydroxylation sites is 2. The molecule has 0 saturated carbocycles. The van der Waals surface area contributed by atoms with Gasteiger partial charge in [-0.05, 0) is 42.5 Å². The monoisotopic (exact) mass is 513 g/mol. The van der Waals surface area contributed by atoms with E-state index in [0.717, 1.165) is 0 Å². The molecule has 9 heteroatoms. The lowest BCUT2D eigenvalue weighted by molar-refractivity contribution is -0.117. The molecular weight excluding hydrogens is 490 g/mol. The summed E-state index contributed by atoms with van der Waals surface area (Å²) >= 11 is 0. The van der Waals surface area contributed by atoms with E-state index in [1.54, 1.807) is 54.6 Å². The van der Waals surface area contributed by atoms with Gasteiger partial charge in [-0.25, -0.2) is 4.79 Å². The molecule has 1 atom stereocenters. The van der Waals surface area contributed by atoms with Crippen LogP contribution in [0.5, 0.6) is 11.5 Å². The van der Waals surface area contributed by atoms with Gasteiger partial charge in [0.05, 0.1) is 38.5 Å². The molecule has 192 valence electrons. The first kappa shape index (κ1) is 24.6. The zero-order chi connectivity index (χ0) is 27.0. The van der Waals surface area contributed by atoms with Crippen LogP contribution in [0.25, 0.3) is 11.0 Å². The average Bonchev–Trinajstić information content (AvgIpc) is 3.51. The second-order valence-corrected chi connectivity index (χ2v) is 8.44. The number of esters is 1. The molecule has 1 aromatic heterocycles. The zero-order valence-electron chi connectivity index (χ0n) is 20.8. The SMILES string of the molecule is COC(=O)c1ccc(N2C(=O)C(O)=C(C(=O)c3cc4cccc(OC)c4o3)C2c2ccccc2OC)cc1. The molecule has 2 heterocycles. The molecular formula is C29H23NO8. The largest absolute Gasteiger partial charge is 0.503 e. The van der Waals surface area contributed by atoms with Crippen molar-refractivity contribution in [3.63, 3.8) is 0 Å². The number of benzene rings is 3. The van der Waals surface area contributed by atoms with Gasteiger partial charge in [-0.15, -0.1) is 0 Å². The van der Waals surface area contributed by atoms with Gasteiger partial charge in [0, 0.05) is 16.6 Å². The van der Waals surface area contributed by atoms with E-state index >= 15 is 0 Å². The van der Waals surface area contributed by atoms with Gasteiger partial charge in [-0.3, -0.25) is 14.5 Å². The molecule has 0 spiro atoms. The number of ketones is 1. The number of ether oxygens (including phenoxy) is 3. The molecule has 1 unspecified atom stereocenters. The summed E-state index contributed by atoms with van der Waals surface area (Å²) in [6, 6.07) is 18.7. The van der Waals surface area contributed by atoms with Crippen molar-refractivity contribution >= 4 is 34.3 Å². The molecule has 0 fully saturated rings. The molecule has 1 N–H and O–H groups in total. The average molecular weight is 514 g/mol. The topological polar surface area (TPSA) is 116 Å². The highest BCUT2D eigenvalue weighted by Crippen LogP contribution is 2.45. The normalized spacial score (nSPS) is 15.2. The van der Waals surface area contributed by atoms with Crippen molar-refractivity contribution in [2.24, 2.45) is 0 Å². The Hall–Kier alpha value is -5.05. The van der Waals surface area contributed by atoms with Crippen LogP contribution in [0, 0.1) is 0 Å². The van der Waals surface area contributed by atoms with E-state index in [1.807, 2.05) is 0 Å². The van der Waals surface area contributed by atoms with Gasteiger partial charge < -0.3 is 23.7 Å². The van der Waals surface area contributed by atoms with E-state index in [2.05, 4.69) is 0 Å². The molecule has 1 aliphatic rings. The van der Waals surface area contributed by atoms with E-state index in [1.165, 1.54) is 44.4 Å². The quantitative estimate of drug-likeness (QED) is 0.271. The number of fused-ring (bicyclic) bond motifs is 1. The predicted molar refractivity (Wildman–Crippen MR) is 138 cm³/mol. The van der Waals surface area contributed by atoms with Crippen molar-refractivity contribution in [2.75, 3.05) is 26.2 Å². The van der Waals surface area contributed by atoms with Gasteiger partial charge in [-0.1, -0.05) is 30.3 Å². The standard InChI is InChI=1S/C29H23NO8/c1-35-20-9-5-4-8-19(20)24-23(25(31)22-15-17-7-6-10-21(36-2)27(17)38-22)26(32)28(33)30(24)18-13-11-16(12-14-18)29(34)37-3/h4-15,24,32H,1-3H3. The number of carbonyl (C=O) groups is 3. The van der Waals surface area contributed by atoms with Crippen LogP contribution in [-0.2, 0) is 9.53 Å². The summed E-state index contributed by atoms with van der Waals surface area (Å²) in [6.07, 6.45) is 0. The van der Waals surface area contributed by atoms with Crippen LogP contribution in [0.15, 0.2) is 88.5 Å². The summed E-state index contributed by atoms with van der Waals surface area (Å²) in [4.78, 5) is 40.5. The summed E-state index contributed by atoms with van der Waals surface area (Å²) in [5, 5.41) is 11.7. The van der Waals surface area contributed by atoms with E-state index in [0.29, 0.717) is 33.7 Å². The number of aliphatic hydroxyl groups excluding tert-OH is 1. The van der Waals surface area contributed by atoms with E-state index < -0.39 is 29.5 Å². The number of furan rings is 1. The number of methoxy groups -OCH3 is 3. The summed E-state index contributed by atoms with van der Waals surface area (Å²) in [7, 11) is 4.23. The number of aliphatic hydroxyl groups is 1. The second-order valence-electron chi connectivity index (χ2n) is 8.44. The van der Waals surface area contributed by atoms with Crippen molar-refractivity contribution in [2.45, 2.75) is 6.04 Å². The van der Waals surface area contributed by atoms with Gasteiger partial charge in [-0.2, -0.15) is 0 Å². The maximum atomic E-state index is 13.9. The minimum Gasteiger partial charge on any atom is -0.503 e. The Morgan fingerprint density at radius 1 is 0.895 bits per heavy atom. The van der Waals surface area contributed by atoms with Crippen LogP contribution in [-0.4, -0.2) is 44.1 Å². The Labute approximate surface area is 217 Å². The smallest absolute Gasteiger partial charge is 0.337 e. The zero-order valence-corrected chi connectivity index (χ0v) is 20.8. The van der Waals surface area contributed by atoms with E-state index in [4.69, 9.17) is 18.6 Å². The van der Waals surface area contributed by atoms with Crippen LogP contribution in [0.3, 0.4) is 0 Å². The molecule has 0 saturated heterocycles. The molecule has 38 heavy (non-hydrogen) atoms. The lowest BCUT2D eigenvalue weighted by Crippen LogP contribution is -2.31. The van der Waals surface area contributed by atoms with Crippen molar-refractivity contribution in [1.29, 1.82) is 0 Å². The molecule has 4 aromatic rings. The molecule has 5 rings (SSSR count). The number of nitrogens with zero attached hydrogens (tertiary/aromatic N) is 1. The third-order valence-electron chi connectivity index (χ3n) is 6.40. The highest BCUT2D eigenvalue weighted by molar-refractivity contribution is 6.21. The minimum atomic E-state index is -1.05. The Bertz CT molecular complexity index is 1600. The van der Waals surface area contributed by atoms with E-state index in [-0.39, 0.29) is 16.9 Å². The highest BCUT2D eigenvalue weighted by Gasteiger charge is 2.46. The third kappa shape index (κ3) is 3.94. The Balaban J connectivity index is 1.66. The van der Waals surface area contributed by atoms with Crippen molar-refractivity contribution in [3.8, 4) is 11.5 Å².